The molecule has 23 heavy (non-hydrogen) atoms. The van der Waals surface area contributed by atoms with Gasteiger partial charge in [-0.3, -0.25) is 14.9 Å². The quantitative estimate of drug-likeness (QED) is 0.690. The van der Waals surface area contributed by atoms with Gasteiger partial charge in [-0.05, 0) is 30.7 Å². The van der Waals surface area contributed by atoms with E-state index in [1.165, 1.54) is 19.1 Å². The number of rotatable bonds is 3. The summed E-state index contributed by atoms with van der Waals surface area (Å²) in [5.74, 6) is -0.976. The zero-order valence-electron chi connectivity index (χ0n) is 11.7. The number of carbonyl (C=O) groups is 1. The van der Waals surface area contributed by atoms with Crippen LogP contribution in [0.15, 0.2) is 36.5 Å². The van der Waals surface area contributed by atoms with Gasteiger partial charge in [-0.15, -0.1) is 0 Å². The Bertz CT molecular complexity index is 758. The number of non-ortho nitro benzene ring substituents is 1. The van der Waals surface area contributed by atoms with Gasteiger partial charge in [0.05, 0.1) is 10.5 Å². The number of anilines is 1. The smallest absolute Gasteiger partial charge is 0.307 e. The number of alkyl halides is 3. The van der Waals surface area contributed by atoms with Crippen molar-refractivity contribution in [2.24, 2.45) is 0 Å². The molecule has 0 aliphatic heterocycles. The van der Waals surface area contributed by atoms with Crippen LogP contribution in [0.1, 0.15) is 21.5 Å². The number of amides is 1. The number of aryl methyl sites for hydroxylation is 1. The molecule has 0 saturated heterocycles. The van der Waals surface area contributed by atoms with Crippen molar-refractivity contribution in [3.8, 4) is 0 Å². The summed E-state index contributed by atoms with van der Waals surface area (Å²) in [6.07, 6.45) is -3.55. The summed E-state index contributed by atoms with van der Waals surface area (Å²) in [7, 11) is 0. The van der Waals surface area contributed by atoms with E-state index in [9.17, 15) is 28.1 Å². The predicted octanol–water partition coefficient (Wildman–Crippen LogP) is 3.57. The minimum Gasteiger partial charge on any atom is -0.307 e. The van der Waals surface area contributed by atoms with Crippen molar-refractivity contribution in [1.82, 2.24) is 4.98 Å². The summed E-state index contributed by atoms with van der Waals surface area (Å²) in [4.78, 5) is 25.6. The Hall–Kier alpha value is -2.97. The van der Waals surface area contributed by atoms with Crippen LogP contribution in [0, 0.1) is 17.0 Å². The Kier molecular flexibility index (Phi) is 4.30. The van der Waals surface area contributed by atoms with Crippen molar-refractivity contribution in [3.63, 3.8) is 0 Å². The second-order valence-electron chi connectivity index (χ2n) is 4.64. The number of hydrogen-bond donors (Lipinski definition) is 1. The molecule has 1 amide bonds. The lowest BCUT2D eigenvalue weighted by molar-refractivity contribution is -0.384. The van der Waals surface area contributed by atoms with Crippen molar-refractivity contribution in [1.29, 1.82) is 0 Å². The highest BCUT2D eigenvalue weighted by atomic mass is 19.4. The van der Waals surface area contributed by atoms with Gasteiger partial charge < -0.3 is 5.32 Å². The van der Waals surface area contributed by atoms with Gasteiger partial charge >= 0.3 is 6.18 Å². The first-order chi connectivity index (χ1) is 10.7. The van der Waals surface area contributed by atoms with Crippen LogP contribution in [-0.4, -0.2) is 15.8 Å². The van der Waals surface area contributed by atoms with Crippen LogP contribution >= 0.6 is 0 Å². The van der Waals surface area contributed by atoms with Gasteiger partial charge in [0, 0.05) is 23.9 Å². The highest BCUT2D eigenvalue weighted by Crippen LogP contribution is 2.32. The average molecular weight is 325 g/mol. The number of benzene rings is 1. The number of pyridine rings is 1. The topological polar surface area (TPSA) is 85.1 Å². The number of nitrogens with one attached hydrogen (secondary N) is 1. The van der Waals surface area contributed by atoms with Crippen molar-refractivity contribution >= 4 is 17.4 Å². The molecule has 1 aromatic carbocycles. The number of aromatic nitrogens is 1. The lowest BCUT2D eigenvalue weighted by Gasteiger charge is -2.12. The van der Waals surface area contributed by atoms with E-state index in [1.54, 1.807) is 0 Å². The van der Waals surface area contributed by atoms with Crippen LogP contribution in [0.2, 0.25) is 0 Å². The maximum absolute atomic E-state index is 12.8. The first-order valence-electron chi connectivity index (χ1n) is 6.28. The van der Waals surface area contributed by atoms with E-state index in [0.29, 0.717) is 0 Å². The van der Waals surface area contributed by atoms with E-state index in [1.807, 2.05) is 0 Å². The molecule has 1 heterocycles. The summed E-state index contributed by atoms with van der Waals surface area (Å²) in [5.41, 5.74) is -1.10. The molecule has 0 saturated carbocycles. The molecule has 0 atom stereocenters. The Balaban J connectivity index is 2.22. The van der Waals surface area contributed by atoms with Crippen molar-refractivity contribution in [2.45, 2.75) is 13.1 Å². The molecule has 0 spiro atoms. The molecule has 9 heteroatoms. The lowest BCUT2D eigenvalue weighted by atomic mass is 10.1. The molecular weight excluding hydrogens is 315 g/mol. The SMILES string of the molecule is Cc1cnc(NC(=O)c2ccc([N+](=O)[O-])cc2)cc1C(F)(F)F. The van der Waals surface area contributed by atoms with Crippen molar-refractivity contribution in [3.05, 3.63) is 63.3 Å². The minimum atomic E-state index is -4.56. The second-order valence-corrected chi connectivity index (χ2v) is 4.64. The van der Waals surface area contributed by atoms with E-state index >= 15 is 0 Å². The van der Waals surface area contributed by atoms with Crippen LogP contribution in [0.5, 0.6) is 0 Å². The third kappa shape index (κ3) is 3.82. The summed E-state index contributed by atoms with van der Waals surface area (Å²) in [6, 6.07) is 5.38. The molecule has 1 aromatic heterocycles. The molecule has 0 bridgehead atoms. The zero-order chi connectivity index (χ0) is 17.2. The molecule has 0 aliphatic rings. The van der Waals surface area contributed by atoms with E-state index < -0.39 is 22.6 Å². The van der Waals surface area contributed by atoms with Crippen molar-refractivity contribution in [2.75, 3.05) is 5.32 Å². The number of nitro benzene ring substituents is 1. The third-order valence-electron chi connectivity index (χ3n) is 2.99. The van der Waals surface area contributed by atoms with E-state index in [-0.39, 0.29) is 22.6 Å². The van der Waals surface area contributed by atoms with Crippen molar-refractivity contribution < 1.29 is 22.9 Å². The largest absolute Gasteiger partial charge is 0.416 e. The standard InChI is InChI=1S/C14H10F3N3O3/c1-8-7-18-12(6-11(8)14(15,16)17)19-13(21)9-2-4-10(5-3-9)20(22)23/h2-7H,1H3,(H,18,19,21). The summed E-state index contributed by atoms with van der Waals surface area (Å²) >= 11 is 0. The van der Waals surface area contributed by atoms with Crippen LogP contribution in [-0.2, 0) is 6.18 Å². The molecular formula is C14H10F3N3O3. The van der Waals surface area contributed by atoms with Gasteiger partial charge in [0.15, 0.2) is 0 Å². The fourth-order valence-corrected chi connectivity index (χ4v) is 1.82. The molecule has 0 unspecified atom stereocenters. The zero-order valence-corrected chi connectivity index (χ0v) is 11.7. The first kappa shape index (κ1) is 16.4. The fraction of sp³-hybridized carbons (Fsp3) is 0.143. The van der Waals surface area contributed by atoms with Gasteiger partial charge in [0.25, 0.3) is 11.6 Å². The molecule has 120 valence electrons. The van der Waals surface area contributed by atoms with Gasteiger partial charge in [-0.2, -0.15) is 13.2 Å². The van der Waals surface area contributed by atoms with E-state index in [2.05, 4.69) is 10.3 Å². The van der Waals surface area contributed by atoms with E-state index in [0.717, 1.165) is 24.4 Å². The molecule has 0 aliphatic carbocycles. The van der Waals surface area contributed by atoms with Gasteiger partial charge in [-0.1, -0.05) is 0 Å². The fourth-order valence-electron chi connectivity index (χ4n) is 1.82. The maximum atomic E-state index is 12.8. The van der Waals surface area contributed by atoms with Crippen LogP contribution < -0.4 is 5.32 Å². The molecule has 0 radical (unpaired) electrons. The highest BCUT2D eigenvalue weighted by Gasteiger charge is 2.33. The van der Waals surface area contributed by atoms with Gasteiger partial charge in [-0.25, -0.2) is 4.98 Å². The Morgan fingerprint density at radius 1 is 1.26 bits per heavy atom. The van der Waals surface area contributed by atoms with E-state index in [4.69, 9.17) is 0 Å². The molecule has 6 nitrogen and oxygen atoms in total. The number of hydrogen-bond acceptors (Lipinski definition) is 4. The number of nitro groups is 1. The minimum absolute atomic E-state index is 0.0616. The number of carbonyl (C=O) groups excluding carboxylic acids is 1. The predicted molar refractivity (Wildman–Crippen MR) is 75.0 cm³/mol. The van der Waals surface area contributed by atoms with Crippen LogP contribution in [0.25, 0.3) is 0 Å². The lowest BCUT2D eigenvalue weighted by Crippen LogP contribution is -2.15. The van der Waals surface area contributed by atoms with Crippen LogP contribution in [0.3, 0.4) is 0 Å². The second kappa shape index (κ2) is 6.03. The number of halogens is 3. The van der Waals surface area contributed by atoms with Crippen LogP contribution in [0.4, 0.5) is 24.7 Å². The monoisotopic (exact) mass is 325 g/mol. The Morgan fingerprint density at radius 2 is 1.87 bits per heavy atom. The Labute approximate surface area is 128 Å². The summed E-state index contributed by atoms with van der Waals surface area (Å²) < 4.78 is 38.4. The summed E-state index contributed by atoms with van der Waals surface area (Å²) in [6.45, 7) is 1.26. The molecule has 0 fully saturated rings. The summed E-state index contributed by atoms with van der Waals surface area (Å²) in [5, 5.41) is 12.8. The Morgan fingerprint density at radius 3 is 2.39 bits per heavy atom. The third-order valence-corrected chi connectivity index (χ3v) is 2.99. The first-order valence-corrected chi connectivity index (χ1v) is 6.28. The molecule has 2 rings (SSSR count). The average Bonchev–Trinajstić information content (AvgIpc) is 2.48. The molecule has 2 aromatic rings. The number of nitrogens with zero attached hydrogens (tertiary/aromatic N) is 2. The van der Waals surface area contributed by atoms with Gasteiger partial charge in [0.2, 0.25) is 0 Å². The highest BCUT2D eigenvalue weighted by molar-refractivity contribution is 6.03. The maximum Gasteiger partial charge on any atom is 0.416 e. The van der Waals surface area contributed by atoms with Gasteiger partial charge in [0.1, 0.15) is 5.82 Å². The normalized spacial score (nSPS) is 11.1. The molecule has 1 N–H and O–H groups in total.